The molecule has 2 saturated carbocycles. The van der Waals surface area contributed by atoms with Gasteiger partial charge in [-0.1, -0.05) is 23.9 Å². The van der Waals surface area contributed by atoms with Crippen molar-refractivity contribution in [3.05, 3.63) is 34.6 Å². The SMILES string of the molecule is O=c1c2ccccc2nc(SC[C@@H]2CC2(Cl)Cl)n1C1CC1. The largest absolute Gasteiger partial charge is 0.284 e. The minimum atomic E-state index is -0.575. The fourth-order valence-corrected chi connectivity index (χ4v) is 4.50. The highest BCUT2D eigenvalue weighted by Crippen LogP contribution is 2.54. The molecule has 110 valence electrons. The third kappa shape index (κ3) is 2.58. The molecular weight excluding hydrogens is 327 g/mol. The van der Waals surface area contributed by atoms with Crippen molar-refractivity contribution in [2.24, 2.45) is 5.92 Å². The van der Waals surface area contributed by atoms with E-state index in [0.29, 0.717) is 17.3 Å². The lowest BCUT2D eigenvalue weighted by atomic mass is 10.2. The van der Waals surface area contributed by atoms with E-state index in [-0.39, 0.29) is 5.56 Å². The summed E-state index contributed by atoms with van der Waals surface area (Å²) in [7, 11) is 0. The smallest absolute Gasteiger partial charge is 0.262 e. The average molecular weight is 341 g/mol. The standard InChI is InChI=1S/C15H14Cl2N2OS/c16-15(17)7-9(15)8-21-14-18-12-4-2-1-3-11(12)13(20)19(14)10-5-6-10/h1-4,9-10H,5-8H2/t9-/m0/s1. The number of hydrogen-bond donors (Lipinski definition) is 0. The zero-order chi connectivity index (χ0) is 14.6. The van der Waals surface area contributed by atoms with E-state index < -0.39 is 4.33 Å². The fraction of sp³-hybridized carbons (Fsp3) is 0.467. The van der Waals surface area contributed by atoms with Gasteiger partial charge in [0.05, 0.1) is 10.9 Å². The summed E-state index contributed by atoms with van der Waals surface area (Å²) in [5, 5.41) is 1.50. The summed E-state index contributed by atoms with van der Waals surface area (Å²) < 4.78 is 1.29. The van der Waals surface area contributed by atoms with Gasteiger partial charge in [-0.05, 0) is 31.4 Å². The highest BCUT2D eigenvalue weighted by Gasteiger charge is 2.51. The van der Waals surface area contributed by atoms with Crippen molar-refractivity contribution in [3.63, 3.8) is 0 Å². The molecule has 0 spiro atoms. The second-order valence-corrected chi connectivity index (χ2v) is 8.32. The number of benzene rings is 1. The first-order valence-electron chi connectivity index (χ1n) is 7.08. The van der Waals surface area contributed by atoms with Crippen molar-refractivity contribution in [2.75, 3.05) is 5.75 Å². The van der Waals surface area contributed by atoms with Gasteiger partial charge in [0.25, 0.3) is 5.56 Å². The van der Waals surface area contributed by atoms with Gasteiger partial charge in [-0.25, -0.2) is 4.98 Å². The third-order valence-corrected chi connectivity index (χ3v) is 6.10. The Labute approximate surface area is 136 Å². The maximum atomic E-state index is 12.7. The molecule has 1 aromatic heterocycles. The molecule has 2 aromatic rings. The van der Waals surface area contributed by atoms with Crippen molar-refractivity contribution in [2.45, 2.75) is 34.8 Å². The Bertz CT molecular complexity index is 770. The van der Waals surface area contributed by atoms with Crippen LogP contribution in [0, 0.1) is 5.92 Å². The van der Waals surface area contributed by atoms with Gasteiger partial charge in [-0.2, -0.15) is 0 Å². The molecule has 0 amide bonds. The summed E-state index contributed by atoms with van der Waals surface area (Å²) in [5.74, 6) is 1.10. The van der Waals surface area contributed by atoms with Crippen molar-refractivity contribution in [1.82, 2.24) is 9.55 Å². The van der Waals surface area contributed by atoms with Crippen LogP contribution in [0.1, 0.15) is 25.3 Å². The van der Waals surface area contributed by atoms with Gasteiger partial charge in [0, 0.05) is 17.7 Å². The number of nitrogens with zero attached hydrogens (tertiary/aromatic N) is 2. The highest BCUT2D eigenvalue weighted by atomic mass is 35.5. The lowest BCUT2D eigenvalue weighted by molar-refractivity contribution is 0.617. The van der Waals surface area contributed by atoms with E-state index in [1.807, 2.05) is 28.8 Å². The van der Waals surface area contributed by atoms with Crippen LogP contribution < -0.4 is 5.56 Å². The van der Waals surface area contributed by atoms with Gasteiger partial charge in [-0.15, -0.1) is 23.2 Å². The lowest BCUT2D eigenvalue weighted by Crippen LogP contribution is -2.22. The Morgan fingerprint density at radius 3 is 2.71 bits per heavy atom. The van der Waals surface area contributed by atoms with Crippen LogP contribution in [0.15, 0.2) is 34.2 Å². The monoisotopic (exact) mass is 340 g/mol. The Kier molecular flexibility index (Phi) is 3.25. The number of aromatic nitrogens is 2. The molecule has 0 bridgehead atoms. The second-order valence-electron chi connectivity index (χ2n) is 5.79. The summed E-state index contributed by atoms with van der Waals surface area (Å²) in [5.41, 5.74) is 0.838. The van der Waals surface area contributed by atoms with Crippen molar-refractivity contribution >= 4 is 45.9 Å². The molecule has 2 fully saturated rings. The van der Waals surface area contributed by atoms with Gasteiger partial charge in [0.2, 0.25) is 0 Å². The molecule has 0 aliphatic heterocycles. The summed E-state index contributed by atoms with van der Waals surface area (Å²) in [6.45, 7) is 0. The van der Waals surface area contributed by atoms with Crippen molar-refractivity contribution in [3.8, 4) is 0 Å². The molecule has 0 saturated heterocycles. The van der Waals surface area contributed by atoms with Crippen LogP contribution in [0.5, 0.6) is 0 Å². The number of fused-ring (bicyclic) bond motifs is 1. The van der Waals surface area contributed by atoms with Crippen LogP contribution >= 0.6 is 35.0 Å². The Morgan fingerprint density at radius 2 is 2.05 bits per heavy atom. The predicted octanol–water partition coefficient (Wildman–Crippen LogP) is 4.02. The first-order valence-corrected chi connectivity index (χ1v) is 8.82. The maximum absolute atomic E-state index is 12.7. The molecule has 3 nitrogen and oxygen atoms in total. The molecule has 6 heteroatoms. The van der Waals surface area contributed by atoms with Crippen molar-refractivity contribution < 1.29 is 0 Å². The topological polar surface area (TPSA) is 34.9 Å². The zero-order valence-corrected chi connectivity index (χ0v) is 13.6. The molecular formula is C15H14Cl2N2OS. The molecule has 1 aromatic carbocycles. The summed E-state index contributed by atoms with van der Waals surface area (Å²) in [4.78, 5) is 17.4. The maximum Gasteiger partial charge on any atom is 0.262 e. The highest BCUT2D eigenvalue weighted by molar-refractivity contribution is 7.99. The number of halogens is 2. The second kappa shape index (κ2) is 4.90. The molecule has 21 heavy (non-hydrogen) atoms. The third-order valence-electron chi connectivity index (χ3n) is 4.06. The number of thioether (sulfide) groups is 1. The molecule has 0 radical (unpaired) electrons. The molecule has 0 N–H and O–H groups in total. The quantitative estimate of drug-likeness (QED) is 0.479. The summed E-state index contributed by atoms with van der Waals surface area (Å²) >= 11 is 13.8. The molecule has 2 aliphatic rings. The van der Waals surface area contributed by atoms with Gasteiger partial charge < -0.3 is 0 Å². The molecule has 0 unspecified atom stereocenters. The van der Waals surface area contributed by atoms with E-state index in [1.54, 1.807) is 11.8 Å². The minimum absolute atomic E-state index is 0.0735. The van der Waals surface area contributed by atoms with E-state index in [1.165, 1.54) is 0 Å². The van der Waals surface area contributed by atoms with Crippen LogP contribution in [0.4, 0.5) is 0 Å². The molecule has 2 aliphatic carbocycles. The normalized spacial score (nSPS) is 23.4. The van der Waals surface area contributed by atoms with E-state index in [9.17, 15) is 4.79 Å². The van der Waals surface area contributed by atoms with E-state index in [2.05, 4.69) is 4.98 Å². The van der Waals surface area contributed by atoms with E-state index in [4.69, 9.17) is 23.2 Å². The van der Waals surface area contributed by atoms with Crippen LogP contribution in [-0.2, 0) is 0 Å². The number of hydrogen-bond acceptors (Lipinski definition) is 3. The Hall–Kier alpha value is -0.710. The van der Waals surface area contributed by atoms with Gasteiger partial charge >= 0.3 is 0 Å². The van der Waals surface area contributed by atoms with E-state index in [0.717, 1.165) is 35.7 Å². The Morgan fingerprint density at radius 1 is 1.33 bits per heavy atom. The Balaban J connectivity index is 1.72. The fourth-order valence-electron chi connectivity index (χ4n) is 2.51. The zero-order valence-electron chi connectivity index (χ0n) is 11.3. The predicted molar refractivity (Wildman–Crippen MR) is 87.5 cm³/mol. The molecule has 1 atom stereocenters. The van der Waals surface area contributed by atoms with Crippen LogP contribution in [-0.4, -0.2) is 19.6 Å². The molecule has 4 rings (SSSR count). The van der Waals surface area contributed by atoms with Gasteiger partial charge in [0.15, 0.2) is 5.16 Å². The van der Waals surface area contributed by atoms with Gasteiger partial charge in [0.1, 0.15) is 4.33 Å². The van der Waals surface area contributed by atoms with Crippen LogP contribution in [0.2, 0.25) is 0 Å². The summed E-state index contributed by atoms with van der Waals surface area (Å²) in [6, 6.07) is 7.85. The average Bonchev–Trinajstić information content (AvgIpc) is 3.35. The van der Waals surface area contributed by atoms with Crippen LogP contribution in [0.3, 0.4) is 0 Å². The number of para-hydroxylation sites is 1. The number of rotatable bonds is 4. The minimum Gasteiger partial charge on any atom is -0.284 e. The first-order chi connectivity index (χ1) is 10.1. The number of alkyl halides is 2. The van der Waals surface area contributed by atoms with Gasteiger partial charge in [-0.3, -0.25) is 9.36 Å². The molecule has 1 heterocycles. The summed E-state index contributed by atoms with van der Waals surface area (Å²) in [6.07, 6.45) is 2.95. The first kappa shape index (κ1) is 13.9. The lowest BCUT2D eigenvalue weighted by Gasteiger charge is -2.12. The van der Waals surface area contributed by atoms with E-state index >= 15 is 0 Å². The van der Waals surface area contributed by atoms with Crippen LogP contribution in [0.25, 0.3) is 10.9 Å². The van der Waals surface area contributed by atoms with Crippen molar-refractivity contribution in [1.29, 1.82) is 0 Å².